The van der Waals surface area contributed by atoms with Crippen LogP contribution < -0.4 is 0 Å². The van der Waals surface area contributed by atoms with Crippen LogP contribution in [0.15, 0.2) is 42.5 Å². The molecule has 0 heteroatoms. The molecule has 2 aromatic carbocycles. The second-order valence-corrected chi connectivity index (χ2v) is 4.39. The number of hydrogen-bond donors (Lipinski definition) is 0. The van der Waals surface area contributed by atoms with Crippen molar-refractivity contribution in [2.24, 2.45) is 0 Å². The average Bonchev–Trinajstić information content (AvgIpc) is 2.29. The van der Waals surface area contributed by atoms with Crippen LogP contribution in [0.2, 0.25) is 0 Å². The molecule has 84 valence electrons. The van der Waals surface area contributed by atoms with E-state index in [1.54, 1.807) is 0 Å². The minimum Gasteiger partial charge on any atom is -0.0622 e. The third kappa shape index (κ3) is 2.77. The summed E-state index contributed by atoms with van der Waals surface area (Å²) < 4.78 is 0. The Bertz CT molecular complexity index is 557. The SMILES string of the molecule is Cc1cc(C)c(C#Cc2ccccc2)c(C)c1. The van der Waals surface area contributed by atoms with Crippen LogP contribution in [-0.4, -0.2) is 0 Å². The number of benzene rings is 2. The summed E-state index contributed by atoms with van der Waals surface area (Å²) >= 11 is 0. The molecule has 0 heterocycles. The standard InChI is InChI=1S/C17H16/c1-13-11-14(2)17(15(3)12-13)10-9-16-7-5-4-6-8-16/h4-8,11-12H,1-3H3. The predicted molar refractivity (Wildman–Crippen MR) is 73.1 cm³/mol. The van der Waals surface area contributed by atoms with E-state index in [-0.39, 0.29) is 0 Å². The summed E-state index contributed by atoms with van der Waals surface area (Å²) in [5, 5.41) is 0. The summed E-state index contributed by atoms with van der Waals surface area (Å²) in [7, 11) is 0. The van der Waals surface area contributed by atoms with Crippen LogP contribution in [0.25, 0.3) is 0 Å². The van der Waals surface area contributed by atoms with Gasteiger partial charge in [-0.2, -0.15) is 0 Å². The Hall–Kier alpha value is -2.00. The first kappa shape index (κ1) is 11.5. The van der Waals surface area contributed by atoms with Gasteiger partial charge in [0.2, 0.25) is 0 Å². The Labute approximate surface area is 103 Å². The monoisotopic (exact) mass is 220 g/mol. The van der Waals surface area contributed by atoms with Crippen LogP contribution in [0.3, 0.4) is 0 Å². The highest BCUT2D eigenvalue weighted by atomic mass is 14.0. The molecule has 0 amide bonds. The highest BCUT2D eigenvalue weighted by Gasteiger charge is 2.00. The minimum absolute atomic E-state index is 1.06. The Morgan fingerprint density at radius 2 is 1.35 bits per heavy atom. The fraction of sp³-hybridized carbons (Fsp3) is 0.176. The van der Waals surface area contributed by atoms with E-state index >= 15 is 0 Å². The van der Waals surface area contributed by atoms with Crippen molar-refractivity contribution in [3.8, 4) is 11.8 Å². The zero-order valence-corrected chi connectivity index (χ0v) is 10.5. The highest BCUT2D eigenvalue weighted by molar-refractivity contribution is 5.51. The second-order valence-electron chi connectivity index (χ2n) is 4.39. The molecule has 0 aliphatic carbocycles. The Kier molecular flexibility index (Phi) is 3.30. The van der Waals surface area contributed by atoms with Crippen LogP contribution in [0, 0.1) is 32.6 Å². The van der Waals surface area contributed by atoms with Gasteiger partial charge < -0.3 is 0 Å². The lowest BCUT2D eigenvalue weighted by Gasteiger charge is -2.04. The minimum atomic E-state index is 1.06. The summed E-state index contributed by atoms with van der Waals surface area (Å²) in [5.74, 6) is 6.49. The summed E-state index contributed by atoms with van der Waals surface area (Å²) in [5.41, 5.74) is 6.02. The first-order chi connectivity index (χ1) is 8.16. The Morgan fingerprint density at radius 3 is 1.94 bits per heavy atom. The maximum Gasteiger partial charge on any atom is 0.0307 e. The zero-order chi connectivity index (χ0) is 12.3. The van der Waals surface area contributed by atoms with E-state index in [0.717, 1.165) is 11.1 Å². The van der Waals surface area contributed by atoms with Gasteiger partial charge in [-0.25, -0.2) is 0 Å². The van der Waals surface area contributed by atoms with Gasteiger partial charge in [0.25, 0.3) is 0 Å². The molecule has 0 saturated carbocycles. The van der Waals surface area contributed by atoms with Crippen molar-refractivity contribution in [2.45, 2.75) is 20.8 Å². The lowest BCUT2D eigenvalue weighted by Crippen LogP contribution is -1.89. The number of rotatable bonds is 0. The molecule has 17 heavy (non-hydrogen) atoms. The van der Waals surface area contributed by atoms with Crippen LogP contribution in [0.1, 0.15) is 27.8 Å². The third-order valence-electron chi connectivity index (χ3n) is 2.78. The molecule has 0 aliphatic rings. The lowest BCUT2D eigenvalue weighted by molar-refractivity contribution is 1.30. The van der Waals surface area contributed by atoms with E-state index in [4.69, 9.17) is 0 Å². The molecule has 0 radical (unpaired) electrons. The summed E-state index contributed by atoms with van der Waals surface area (Å²) in [6, 6.07) is 14.5. The average molecular weight is 220 g/mol. The van der Waals surface area contributed by atoms with Gasteiger partial charge in [-0.15, -0.1) is 0 Å². The second kappa shape index (κ2) is 4.89. The molecule has 0 aromatic heterocycles. The predicted octanol–water partition coefficient (Wildman–Crippen LogP) is 4.01. The fourth-order valence-electron chi connectivity index (χ4n) is 2.03. The summed E-state index contributed by atoms with van der Waals surface area (Å²) in [6.07, 6.45) is 0. The lowest BCUT2D eigenvalue weighted by atomic mass is 10.00. The molecule has 0 saturated heterocycles. The molecule has 2 aromatic rings. The maximum absolute atomic E-state index is 3.27. The van der Waals surface area contributed by atoms with E-state index in [1.165, 1.54) is 16.7 Å². The van der Waals surface area contributed by atoms with E-state index in [0.29, 0.717) is 0 Å². The van der Waals surface area contributed by atoms with Gasteiger partial charge in [0.1, 0.15) is 0 Å². The molecule has 0 bridgehead atoms. The van der Waals surface area contributed by atoms with Crippen molar-refractivity contribution in [1.82, 2.24) is 0 Å². The molecule has 2 rings (SSSR count). The van der Waals surface area contributed by atoms with Crippen molar-refractivity contribution in [2.75, 3.05) is 0 Å². The van der Waals surface area contributed by atoms with E-state index in [9.17, 15) is 0 Å². The molecular formula is C17H16. The van der Waals surface area contributed by atoms with Gasteiger partial charge in [0.15, 0.2) is 0 Å². The molecular weight excluding hydrogens is 204 g/mol. The first-order valence-electron chi connectivity index (χ1n) is 5.82. The van der Waals surface area contributed by atoms with Gasteiger partial charge in [0, 0.05) is 11.1 Å². The van der Waals surface area contributed by atoms with Gasteiger partial charge in [-0.3, -0.25) is 0 Å². The molecule has 0 spiro atoms. The van der Waals surface area contributed by atoms with Crippen molar-refractivity contribution in [1.29, 1.82) is 0 Å². The van der Waals surface area contributed by atoms with E-state index in [2.05, 4.69) is 44.7 Å². The molecule has 0 unspecified atom stereocenters. The van der Waals surface area contributed by atoms with Crippen LogP contribution in [-0.2, 0) is 0 Å². The largest absolute Gasteiger partial charge is 0.0622 e. The molecule has 0 aliphatic heterocycles. The smallest absolute Gasteiger partial charge is 0.0307 e. The van der Waals surface area contributed by atoms with Crippen molar-refractivity contribution in [3.05, 3.63) is 70.3 Å². The van der Waals surface area contributed by atoms with Gasteiger partial charge in [0.05, 0.1) is 0 Å². The zero-order valence-electron chi connectivity index (χ0n) is 10.5. The maximum atomic E-state index is 3.27. The number of hydrogen-bond acceptors (Lipinski definition) is 0. The van der Waals surface area contributed by atoms with Crippen LogP contribution >= 0.6 is 0 Å². The molecule has 0 N–H and O–H groups in total. The summed E-state index contributed by atoms with van der Waals surface area (Å²) in [4.78, 5) is 0. The number of aryl methyl sites for hydroxylation is 3. The summed E-state index contributed by atoms with van der Waals surface area (Å²) in [6.45, 7) is 6.36. The van der Waals surface area contributed by atoms with Crippen LogP contribution in [0.5, 0.6) is 0 Å². The molecule has 0 nitrogen and oxygen atoms in total. The Balaban J connectivity index is 2.41. The van der Waals surface area contributed by atoms with E-state index < -0.39 is 0 Å². The topological polar surface area (TPSA) is 0 Å². The molecule has 0 atom stereocenters. The first-order valence-corrected chi connectivity index (χ1v) is 5.82. The van der Waals surface area contributed by atoms with Crippen molar-refractivity contribution in [3.63, 3.8) is 0 Å². The van der Waals surface area contributed by atoms with Crippen molar-refractivity contribution >= 4 is 0 Å². The quantitative estimate of drug-likeness (QED) is 0.588. The van der Waals surface area contributed by atoms with Crippen molar-refractivity contribution < 1.29 is 0 Å². The van der Waals surface area contributed by atoms with Gasteiger partial charge >= 0.3 is 0 Å². The Morgan fingerprint density at radius 1 is 0.765 bits per heavy atom. The molecule has 0 fully saturated rings. The highest BCUT2D eigenvalue weighted by Crippen LogP contribution is 2.15. The van der Waals surface area contributed by atoms with Gasteiger partial charge in [-0.05, 0) is 44.0 Å². The normalized spacial score (nSPS) is 9.59. The van der Waals surface area contributed by atoms with E-state index in [1.807, 2.05) is 30.3 Å². The van der Waals surface area contributed by atoms with Crippen LogP contribution in [0.4, 0.5) is 0 Å². The third-order valence-corrected chi connectivity index (χ3v) is 2.78. The fourth-order valence-corrected chi connectivity index (χ4v) is 2.03. The van der Waals surface area contributed by atoms with Gasteiger partial charge in [-0.1, -0.05) is 47.7 Å².